The SMILES string of the molecule is CC(=O)N(CCC(=O)NCCC1=CCCCC1)c1cccc(C(F)(F)F)c1. The molecule has 1 aromatic carbocycles. The maximum absolute atomic E-state index is 12.9. The molecule has 0 saturated carbocycles. The molecule has 1 aromatic rings. The van der Waals surface area contributed by atoms with E-state index in [0.717, 1.165) is 31.4 Å². The van der Waals surface area contributed by atoms with Gasteiger partial charge in [0.1, 0.15) is 0 Å². The summed E-state index contributed by atoms with van der Waals surface area (Å²) in [4.78, 5) is 25.1. The maximum atomic E-state index is 12.9. The van der Waals surface area contributed by atoms with Gasteiger partial charge >= 0.3 is 6.18 Å². The molecule has 2 rings (SSSR count). The monoisotopic (exact) mass is 382 g/mol. The number of carbonyl (C=O) groups is 2. The quantitative estimate of drug-likeness (QED) is 0.708. The third kappa shape index (κ3) is 6.73. The number of nitrogens with one attached hydrogen (secondary N) is 1. The number of allylic oxidation sites excluding steroid dienone is 1. The van der Waals surface area contributed by atoms with Gasteiger partial charge in [-0.2, -0.15) is 13.2 Å². The second-order valence-electron chi connectivity index (χ2n) is 6.68. The van der Waals surface area contributed by atoms with Crippen molar-refractivity contribution in [3.63, 3.8) is 0 Å². The molecule has 0 fully saturated rings. The van der Waals surface area contributed by atoms with Crippen LogP contribution in [0.5, 0.6) is 0 Å². The predicted octanol–water partition coefficient (Wildman–Crippen LogP) is 4.46. The van der Waals surface area contributed by atoms with Gasteiger partial charge in [0.15, 0.2) is 0 Å². The van der Waals surface area contributed by atoms with Gasteiger partial charge in [-0.25, -0.2) is 0 Å². The molecule has 148 valence electrons. The molecule has 0 aromatic heterocycles. The van der Waals surface area contributed by atoms with Crippen molar-refractivity contribution in [2.24, 2.45) is 0 Å². The summed E-state index contributed by atoms with van der Waals surface area (Å²) in [5.41, 5.74) is 0.671. The van der Waals surface area contributed by atoms with Gasteiger partial charge in [0.05, 0.1) is 5.56 Å². The van der Waals surface area contributed by atoms with Crippen LogP contribution in [0.3, 0.4) is 0 Å². The van der Waals surface area contributed by atoms with Crippen LogP contribution in [0.2, 0.25) is 0 Å². The molecule has 1 aliphatic rings. The van der Waals surface area contributed by atoms with Crippen molar-refractivity contribution in [1.29, 1.82) is 0 Å². The highest BCUT2D eigenvalue weighted by molar-refractivity contribution is 5.92. The van der Waals surface area contributed by atoms with Gasteiger partial charge in [-0.05, 0) is 50.3 Å². The first-order chi connectivity index (χ1) is 12.8. The van der Waals surface area contributed by atoms with E-state index in [9.17, 15) is 22.8 Å². The van der Waals surface area contributed by atoms with E-state index in [-0.39, 0.29) is 24.6 Å². The third-order valence-corrected chi connectivity index (χ3v) is 4.58. The molecular weight excluding hydrogens is 357 g/mol. The molecule has 0 radical (unpaired) electrons. The van der Waals surface area contributed by atoms with Crippen molar-refractivity contribution in [2.75, 3.05) is 18.0 Å². The minimum atomic E-state index is -4.48. The van der Waals surface area contributed by atoms with Gasteiger partial charge in [-0.3, -0.25) is 9.59 Å². The third-order valence-electron chi connectivity index (χ3n) is 4.58. The Morgan fingerprint density at radius 2 is 2.00 bits per heavy atom. The van der Waals surface area contributed by atoms with E-state index in [1.165, 1.54) is 42.4 Å². The lowest BCUT2D eigenvalue weighted by atomic mass is 9.97. The van der Waals surface area contributed by atoms with E-state index in [1.807, 2.05) is 0 Å². The van der Waals surface area contributed by atoms with Crippen LogP contribution in [0.4, 0.5) is 18.9 Å². The van der Waals surface area contributed by atoms with Gasteiger partial charge in [-0.1, -0.05) is 17.7 Å². The molecular formula is C20H25F3N2O2. The molecule has 7 heteroatoms. The molecule has 2 amide bonds. The van der Waals surface area contributed by atoms with E-state index in [2.05, 4.69) is 11.4 Å². The van der Waals surface area contributed by atoms with E-state index < -0.39 is 17.6 Å². The van der Waals surface area contributed by atoms with E-state index in [4.69, 9.17) is 0 Å². The van der Waals surface area contributed by atoms with Crippen molar-refractivity contribution >= 4 is 17.5 Å². The van der Waals surface area contributed by atoms with Crippen LogP contribution in [0.15, 0.2) is 35.9 Å². The van der Waals surface area contributed by atoms with Crippen LogP contribution in [-0.4, -0.2) is 24.9 Å². The number of anilines is 1. The van der Waals surface area contributed by atoms with E-state index in [0.29, 0.717) is 6.54 Å². The predicted molar refractivity (Wildman–Crippen MR) is 98.3 cm³/mol. The Balaban J connectivity index is 1.88. The normalized spacial score (nSPS) is 14.4. The standard InChI is InChI=1S/C20H25F3N2O2/c1-15(26)25(18-9-5-8-17(14-18)20(21,22)23)13-11-19(27)24-12-10-16-6-3-2-4-7-16/h5-6,8-9,14H,2-4,7,10-13H2,1H3,(H,24,27). The Labute approximate surface area is 157 Å². The smallest absolute Gasteiger partial charge is 0.356 e. The van der Waals surface area contributed by atoms with Gasteiger partial charge in [0.25, 0.3) is 0 Å². The highest BCUT2D eigenvalue weighted by Crippen LogP contribution is 2.31. The lowest BCUT2D eigenvalue weighted by Gasteiger charge is -2.22. The lowest BCUT2D eigenvalue weighted by molar-refractivity contribution is -0.137. The number of nitrogens with zero attached hydrogens (tertiary/aromatic N) is 1. The summed E-state index contributed by atoms with van der Waals surface area (Å²) in [6.45, 7) is 1.84. The summed E-state index contributed by atoms with van der Waals surface area (Å²) in [5.74, 6) is -0.626. The number of benzene rings is 1. The van der Waals surface area contributed by atoms with Crippen LogP contribution in [0, 0.1) is 0 Å². The van der Waals surface area contributed by atoms with Crippen LogP contribution < -0.4 is 10.2 Å². The fourth-order valence-corrected chi connectivity index (χ4v) is 3.11. The van der Waals surface area contributed by atoms with Crippen LogP contribution >= 0.6 is 0 Å². The molecule has 0 unspecified atom stereocenters. The summed E-state index contributed by atoms with van der Waals surface area (Å²) in [6.07, 6.45) is 3.16. The summed E-state index contributed by atoms with van der Waals surface area (Å²) in [5, 5.41) is 2.81. The van der Waals surface area contributed by atoms with Crippen molar-refractivity contribution < 1.29 is 22.8 Å². The second-order valence-corrected chi connectivity index (χ2v) is 6.68. The average Bonchev–Trinajstić information content (AvgIpc) is 2.62. The van der Waals surface area contributed by atoms with Crippen LogP contribution in [-0.2, 0) is 15.8 Å². The Morgan fingerprint density at radius 3 is 2.63 bits per heavy atom. The molecule has 27 heavy (non-hydrogen) atoms. The Morgan fingerprint density at radius 1 is 1.22 bits per heavy atom. The van der Waals surface area contributed by atoms with Gasteiger partial charge in [0.2, 0.25) is 11.8 Å². The number of alkyl halides is 3. The summed E-state index contributed by atoms with van der Waals surface area (Å²) >= 11 is 0. The van der Waals surface area contributed by atoms with Crippen molar-refractivity contribution in [3.8, 4) is 0 Å². The fourth-order valence-electron chi connectivity index (χ4n) is 3.11. The van der Waals surface area contributed by atoms with Gasteiger partial charge in [-0.15, -0.1) is 0 Å². The van der Waals surface area contributed by atoms with Gasteiger partial charge in [0, 0.05) is 32.1 Å². The largest absolute Gasteiger partial charge is 0.416 e. The molecule has 1 N–H and O–H groups in total. The average molecular weight is 382 g/mol. The first-order valence-electron chi connectivity index (χ1n) is 9.17. The molecule has 4 nitrogen and oxygen atoms in total. The first-order valence-corrected chi connectivity index (χ1v) is 9.17. The summed E-state index contributed by atoms with van der Waals surface area (Å²) in [6, 6.07) is 4.57. The topological polar surface area (TPSA) is 49.4 Å². The van der Waals surface area contributed by atoms with Crippen LogP contribution in [0.1, 0.15) is 51.0 Å². The minimum Gasteiger partial charge on any atom is -0.356 e. The van der Waals surface area contributed by atoms with Crippen molar-refractivity contribution in [3.05, 3.63) is 41.5 Å². The van der Waals surface area contributed by atoms with Crippen LogP contribution in [0.25, 0.3) is 0 Å². The first kappa shape index (κ1) is 21.0. The summed E-state index contributed by atoms with van der Waals surface area (Å²) in [7, 11) is 0. The number of amides is 2. The Kier molecular flexibility index (Phi) is 7.45. The molecule has 0 spiro atoms. The number of hydrogen-bond donors (Lipinski definition) is 1. The van der Waals surface area contributed by atoms with Crippen molar-refractivity contribution in [2.45, 2.75) is 51.6 Å². The molecule has 1 aliphatic carbocycles. The highest BCUT2D eigenvalue weighted by atomic mass is 19.4. The number of rotatable bonds is 7. The highest BCUT2D eigenvalue weighted by Gasteiger charge is 2.31. The molecule has 0 heterocycles. The lowest BCUT2D eigenvalue weighted by Crippen LogP contribution is -2.34. The second kappa shape index (κ2) is 9.58. The number of carbonyl (C=O) groups excluding carboxylic acids is 2. The van der Waals surface area contributed by atoms with E-state index in [1.54, 1.807) is 0 Å². The zero-order chi connectivity index (χ0) is 19.9. The number of halogens is 3. The number of hydrogen-bond acceptors (Lipinski definition) is 2. The Bertz CT molecular complexity index is 699. The van der Waals surface area contributed by atoms with Gasteiger partial charge < -0.3 is 10.2 Å². The zero-order valence-corrected chi connectivity index (χ0v) is 15.4. The van der Waals surface area contributed by atoms with E-state index >= 15 is 0 Å². The van der Waals surface area contributed by atoms with Crippen molar-refractivity contribution in [1.82, 2.24) is 5.32 Å². The molecule has 0 saturated heterocycles. The Hall–Kier alpha value is -2.31. The fraction of sp³-hybridized carbons (Fsp3) is 0.500. The summed E-state index contributed by atoms with van der Waals surface area (Å²) < 4.78 is 38.6. The molecule has 0 atom stereocenters. The molecule has 0 bridgehead atoms. The zero-order valence-electron chi connectivity index (χ0n) is 15.4. The maximum Gasteiger partial charge on any atom is 0.416 e. The molecule has 0 aliphatic heterocycles. The minimum absolute atomic E-state index is 0.0329.